The van der Waals surface area contributed by atoms with Crippen LogP contribution >= 0.6 is 0 Å². The third kappa shape index (κ3) is 4.38. The predicted molar refractivity (Wildman–Crippen MR) is 103 cm³/mol. The number of rotatable bonds is 2. The minimum Gasteiger partial charge on any atom is -0.507 e. The Labute approximate surface area is 147 Å². The van der Waals surface area contributed by atoms with Gasteiger partial charge in [-0.15, -0.1) is 0 Å². The van der Waals surface area contributed by atoms with Crippen molar-refractivity contribution in [2.24, 2.45) is 10.7 Å². The van der Waals surface area contributed by atoms with E-state index in [-0.39, 0.29) is 22.9 Å². The Hall–Kier alpha value is -1.35. The van der Waals surface area contributed by atoms with Crippen LogP contribution in [0.1, 0.15) is 83.9 Å². The van der Waals surface area contributed by atoms with Crippen molar-refractivity contribution in [1.82, 2.24) is 0 Å². The highest BCUT2D eigenvalue weighted by Gasteiger charge is 2.25. The molecule has 2 rings (SSSR count). The van der Waals surface area contributed by atoms with E-state index in [1.165, 1.54) is 18.4 Å². The van der Waals surface area contributed by atoms with Crippen LogP contribution in [0.25, 0.3) is 0 Å². The number of nitrogens with zero attached hydrogens (tertiary/aromatic N) is 1. The molecule has 0 saturated heterocycles. The monoisotopic (exact) mass is 330 g/mol. The SMILES string of the molecule is CC(C)(C)c1cc(/C=N/C2CCCC[C@@H]2N)c(O)c(C(C)(C)C)c1. The Morgan fingerprint density at radius 3 is 2.21 bits per heavy atom. The standard InChI is InChI=1S/C21H34N2O/c1-20(2,3)15-11-14(19(24)16(12-15)21(4,5)6)13-23-18-10-8-7-9-17(18)22/h11-13,17-18,24H,7-10,22H2,1-6H3/b23-13+/t17-,18?/m0/s1. The van der Waals surface area contributed by atoms with E-state index >= 15 is 0 Å². The van der Waals surface area contributed by atoms with Gasteiger partial charge in [-0.2, -0.15) is 0 Å². The van der Waals surface area contributed by atoms with Crippen molar-refractivity contribution >= 4 is 6.21 Å². The summed E-state index contributed by atoms with van der Waals surface area (Å²) in [6, 6.07) is 4.53. The van der Waals surface area contributed by atoms with Crippen LogP contribution in [0.2, 0.25) is 0 Å². The highest BCUT2D eigenvalue weighted by atomic mass is 16.3. The first-order chi connectivity index (χ1) is 11.0. The molecule has 0 heterocycles. The number of hydrogen-bond acceptors (Lipinski definition) is 3. The Bertz CT molecular complexity index is 605. The average Bonchev–Trinajstić information content (AvgIpc) is 2.45. The van der Waals surface area contributed by atoms with E-state index in [9.17, 15) is 5.11 Å². The molecule has 0 spiro atoms. The molecular formula is C21H34N2O. The molecule has 0 aromatic heterocycles. The topological polar surface area (TPSA) is 58.6 Å². The summed E-state index contributed by atoms with van der Waals surface area (Å²) in [6.07, 6.45) is 6.32. The largest absolute Gasteiger partial charge is 0.507 e. The molecule has 1 aliphatic carbocycles. The summed E-state index contributed by atoms with van der Waals surface area (Å²) in [6.45, 7) is 13.0. The minimum absolute atomic E-state index is 0.0253. The maximum absolute atomic E-state index is 10.8. The quantitative estimate of drug-likeness (QED) is 0.774. The third-order valence-corrected chi connectivity index (χ3v) is 5.00. The van der Waals surface area contributed by atoms with Crippen LogP contribution in [0, 0.1) is 0 Å². The normalized spacial score (nSPS) is 23.0. The second-order valence-corrected chi connectivity index (χ2v) is 9.26. The Morgan fingerprint density at radius 1 is 1.04 bits per heavy atom. The third-order valence-electron chi connectivity index (χ3n) is 5.00. The molecule has 1 aromatic carbocycles. The molecule has 1 unspecified atom stereocenters. The molecule has 134 valence electrons. The number of phenols is 1. The minimum atomic E-state index is -0.116. The van der Waals surface area contributed by atoms with Gasteiger partial charge >= 0.3 is 0 Å². The van der Waals surface area contributed by atoms with Gasteiger partial charge in [0.1, 0.15) is 5.75 Å². The molecule has 24 heavy (non-hydrogen) atoms. The first kappa shape index (κ1) is 19.0. The van der Waals surface area contributed by atoms with Crippen LogP contribution < -0.4 is 5.73 Å². The van der Waals surface area contributed by atoms with Gasteiger partial charge in [0.15, 0.2) is 0 Å². The lowest BCUT2D eigenvalue weighted by atomic mass is 9.79. The average molecular weight is 331 g/mol. The first-order valence-electron chi connectivity index (χ1n) is 9.17. The molecule has 0 aliphatic heterocycles. The number of nitrogens with two attached hydrogens (primary N) is 1. The van der Waals surface area contributed by atoms with Gasteiger partial charge in [0.25, 0.3) is 0 Å². The van der Waals surface area contributed by atoms with Crippen LogP contribution in [0.15, 0.2) is 17.1 Å². The number of hydrogen-bond donors (Lipinski definition) is 2. The molecule has 0 radical (unpaired) electrons. The van der Waals surface area contributed by atoms with Crippen LogP contribution in [0.3, 0.4) is 0 Å². The molecule has 0 bridgehead atoms. The Kier molecular flexibility index (Phi) is 5.44. The van der Waals surface area contributed by atoms with E-state index in [4.69, 9.17) is 10.7 Å². The maximum atomic E-state index is 10.8. The van der Waals surface area contributed by atoms with Crippen LogP contribution in [0.5, 0.6) is 5.75 Å². The lowest BCUT2D eigenvalue weighted by molar-refractivity contribution is 0.387. The van der Waals surface area contributed by atoms with Crippen molar-refractivity contribution in [2.45, 2.75) is 90.1 Å². The molecule has 3 heteroatoms. The number of aromatic hydroxyl groups is 1. The van der Waals surface area contributed by atoms with Gasteiger partial charge in [0.05, 0.1) is 6.04 Å². The van der Waals surface area contributed by atoms with Crippen molar-refractivity contribution in [3.8, 4) is 5.75 Å². The molecule has 1 fully saturated rings. The summed E-state index contributed by atoms with van der Waals surface area (Å²) in [5.74, 6) is 0.351. The van der Waals surface area contributed by atoms with E-state index in [2.05, 4.69) is 53.7 Å². The predicted octanol–water partition coefficient (Wildman–Crippen LogP) is 4.68. The second kappa shape index (κ2) is 6.87. The van der Waals surface area contributed by atoms with Gasteiger partial charge in [0.2, 0.25) is 0 Å². The van der Waals surface area contributed by atoms with Crippen LogP contribution in [-0.4, -0.2) is 23.4 Å². The van der Waals surface area contributed by atoms with E-state index < -0.39 is 0 Å². The highest BCUT2D eigenvalue weighted by Crippen LogP contribution is 2.37. The molecule has 0 amide bonds. The number of aliphatic imine (C=N–C) groups is 1. The fraction of sp³-hybridized carbons (Fsp3) is 0.667. The molecule has 3 N–H and O–H groups in total. The second-order valence-electron chi connectivity index (χ2n) is 9.26. The zero-order valence-electron chi connectivity index (χ0n) is 16.2. The number of phenolic OH excluding ortho intramolecular Hbond substituents is 1. The molecular weight excluding hydrogens is 296 g/mol. The molecule has 1 aliphatic rings. The summed E-state index contributed by atoms with van der Waals surface area (Å²) in [4.78, 5) is 4.73. The Balaban J connectivity index is 2.44. The summed E-state index contributed by atoms with van der Waals surface area (Å²) in [5.41, 5.74) is 9.12. The van der Waals surface area contributed by atoms with E-state index in [1.54, 1.807) is 0 Å². The van der Waals surface area contributed by atoms with Crippen molar-refractivity contribution in [1.29, 1.82) is 0 Å². The van der Waals surface area contributed by atoms with Gasteiger partial charge < -0.3 is 10.8 Å². The summed E-state index contributed by atoms with van der Waals surface area (Å²) in [7, 11) is 0. The highest BCUT2D eigenvalue weighted by molar-refractivity contribution is 5.85. The summed E-state index contributed by atoms with van der Waals surface area (Å²) < 4.78 is 0. The Morgan fingerprint density at radius 2 is 1.67 bits per heavy atom. The fourth-order valence-electron chi connectivity index (χ4n) is 3.26. The smallest absolute Gasteiger partial charge is 0.128 e. The first-order valence-corrected chi connectivity index (χ1v) is 9.17. The van der Waals surface area contributed by atoms with E-state index in [0.29, 0.717) is 5.75 Å². The summed E-state index contributed by atoms with van der Waals surface area (Å²) >= 11 is 0. The maximum Gasteiger partial charge on any atom is 0.128 e. The molecule has 1 aromatic rings. The lowest BCUT2D eigenvalue weighted by Crippen LogP contribution is -2.36. The van der Waals surface area contributed by atoms with E-state index in [1.807, 2.05) is 6.21 Å². The zero-order valence-corrected chi connectivity index (χ0v) is 16.2. The van der Waals surface area contributed by atoms with Crippen molar-refractivity contribution in [3.63, 3.8) is 0 Å². The van der Waals surface area contributed by atoms with Crippen molar-refractivity contribution in [2.75, 3.05) is 0 Å². The van der Waals surface area contributed by atoms with Gasteiger partial charge in [-0.05, 0) is 35.3 Å². The van der Waals surface area contributed by atoms with Gasteiger partial charge in [0, 0.05) is 23.4 Å². The van der Waals surface area contributed by atoms with Gasteiger partial charge in [-0.25, -0.2) is 0 Å². The zero-order chi connectivity index (χ0) is 18.1. The van der Waals surface area contributed by atoms with Crippen LogP contribution in [-0.2, 0) is 10.8 Å². The molecule has 2 atom stereocenters. The molecule has 3 nitrogen and oxygen atoms in total. The van der Waals surface area contributed by atoms with Crippen LogP contribution in [0.4, 0.5) is 0 Å². The van der Waals surface area contributed by atoms with Crippen molar-refractivity contribution < 1.29 is 5.11 Å². The lowest BCUT2D eigenvalue weighted by Gasteiger charge is -2.27. The van der Waals surface area contributed by atoms with Gasteiger partial charge in [-0.1, -0.05) is 60.5 Å². The van der Waals surface area contributed by atoms with Gasteiger partial charge in [-0.3, -0.25) is 4.99 Å². The van der Waals surface area contributed by atoms with E-state index in [0.717, 1.165) is 24.0 Å². The molecule has 1 saturated carbocycles. The fourth-order valence-corrected chi connectivity index (χ4v) is 3.26. The van der Waals surface area contributed by atoms with Crippen molar-refractivity contribution in [3.05, 3.63) is 28.8 Å². The summed E-state index contributed by atoms with van der Waals surface area (Å²) in [5, 5.41) is 10.8. The number of benzene rings is 1.